The quantitative estimate of drug-likeness (QED) is 0.655. The lowest BCUT2D eigenvalue weighted by molar-refractivity contribution is 0.620. The molecule has 0 fully saturated rings. The molecule has 0 aromatic heterocycles. The summed E-state index contributed by atoms with van der Waals surface area (Å²) in [4.78, 5) is 0. The molecule has 0 aliphatic rings. The van der Waals surface area contributed by atoms with Gasteiger partial charge in [0.2, 0.25) is 0 Å². The van der Waals surface area contributed by atoms with Gasteiger partial charge in [-0.05, 0) is 30.0 Å². The average molecular weight is 187 g/mol. The van der Waals surface area contributed by atoms with Gasteiger partial charge in [0, 0.05) is 0 Å². The topological polar surface area (TPSA) is 0 Å². The first-order valence-electron chi connectivity index (χ1n) is 4.10. The van der Waals surface area contributed by atoms with Gasteiger partial charge in [0.15, 0.2) is 0 Å². The molecule has 0 bridgehead atoms. The highest BCUT2D eigenvalue weighted by Crippen LogP contribution is 2.22. The predicted molar refractivity (Wildman–Crippen MR) is 50.1 cm³/mol. The van der Waals surface area contributed by atoms with Gasteiger partial charge in [-0.3, -0.25) is 0 Å². The van der Waals surface area contributed by atoms with Crippen LogP contribution in [-0.2, 0) is 0 Å². The first kappa shape index (κ1) is 9.53. The van der Waals surface area contributed by atoms with E-state index in [1.807, 2.05) is 6.07 Å². The lowest BCUT2D eigenvalue weighted by Crippen LogP contribution is -1.92. The molecule has 0 radical (unpaired) electrons. The van der Waals surface area contributed by atoms with Crippen LogP contribution in [0, 0.1) is 5.82 Å². The van der Waals surface area contributed by atoms with Crippen molar-refractivity contribution in [3.8, 4) is 0 Å². The molecule has 2 heteroatoms. The molecule has 0 saturated carbocycles. The number of hydrogen-bond donors (Lipinski definition) is 0. The molecule has 1 aromatic rings. The van der Waals surface area contributed by atoms with Gasteiger partial charge >= 0.3 is 0 Å². The molecule has 0 aliphatic carbocycles. The fraction of sp³-hybridized carbons (Fsp3) is 0.400. The van der Waals surface area contributed by atoms with E-state index in [0.717, 1.165) is 12.0 Å². The van der Waals surface area contributed by atoms with Crippen LogP contribution in [0.4, 0.5) is 4.39 Å². The van der Waals surface area contributed by atoms with Crippen molar-refractivity contribution in [3.05, 3.63) is 34.6 Å². The number of hydrogen-bond acceptors (Lipinski definition) is 0. The van der Waals surface area contributed by atoms with Gasteiger partial charge in [-0.15, -0.1) is 0 Å². The highest BCUT2D eigenvalue weighted by atomic mass is 35.5. The first-order chi connectivity index (χ1) is 5.65. The van der Waals surface area contributed by atoms with E-state index in [4.69, 9.17) is 11.6 Å². The number of benzene rings is 1. The Labute approximate surface area is 77.4 Å². The SMILES string of the molecule is CCC(C)c1ccc(Cl)c(F)c1. The fourth-order valence-electron chi connectivity index (χ4n) is 1.05. The van der Waals surface area contributed by atoms with E-state index in [2.05, 4.69) is 13.8 Å². The van der Waals surface area contributed by atoms with Gasteiger partial charge in [0.05, 0.1) is 5.02 Å². The predicted octanol–water partition coefficient (Wildman–Crippen LogP) is 3.99. The molecule has 1 atom stereocenters. The Balaban J connectivity index is 2.96. The van der Waals surface area contributed by atoms with E-state index in [9.17, 15) is 4.39 Å². The zero-order chi connectivity index (χ0) is 9.14. The van der Waals surface area contributed by atoms with E-state index in [-0.39, 0.29) is 10.8 Å². The maximum absolute atomic E-state index is 12.9. The third-order valence-electron chi connectivity index (χ3n) is 2.13. The molecule has 1 unspecified atom stereocenters. The van der Waals surface area contributed by atoms with Gasteiger partial charge in [-0.2, -0.15) is 0 Å². The van der Waals surface area contributed by atoms with Crippen LogP contribution >= 0.6 is 11.6 Å². The van der Waals surface area contributed by atoms with Gasteiger partial charge < -0.3 is 0 Å². The number of halogens is 2. The van der Waals surface area contributed by atoms with E-state index >= 15 is 0 Å². The molecular formula is C10H12ClF. The minimum atomic E-state index is -0.325. The van der Waals surface area contributed by atoms with Crippen molar-refractivity contribution in [1.29, 1.82) is 0 Å². The van der Waals surface area contributed by atoms with Gasteiger partial charge in [0.1, 0.15) is 5.82 Å². The summed E-state index contributed by atoms with van der Waals surface area (Å²) in [5, 5.41) is 0.196. The minimum Gasteiger partial charge on any atom is -0.205 e. The summed E-state index contributed by atoms with van der Waals surface area (Å²) in [6, 6.07) is 4.99. The third kappa shape index (κ3) is 1.98. The molecule has 0 saturated heterocycles. The van der Waals surface area contributed by atoms with Crippen molar-refractivity contribution in [2.45, 2.75) is 26.2 Å². The van der Waals surface area contributed by atoms with E-state index in [1.165, 1.54) is 6.07 Å². The first-order valence-corrected chi connectivity index (χ1v) is 4.48. The Hall–Kier alpha value is -0.560. The summed E-state index contributed by atoms with van der Waals surface area (Å²) in [5.74, 6) is 0.0752. The largest absolute Gasteiger partial charge is 0.205 e. The molecule has 0 aliphatic heterocycles. The van der Waals surface area contributed by atoms with Crippen LogP contribution in [0.3, 0.4) is 0 Å². The molecule has 1 aromatic carbocycles. The van der Waals surface area contributed by atoms with Crippen molar-refractivity contribution >= 4 is 11.6 Å². The molecule has 0 nitrogen and oxygen atoms in total. The Morgan fingerprint density at radius 1 is 1.50 bits per heavy atom. The Morgan fingerprint density at radius 2 is 2.17 bits per heavy atom. The summed E-state index contributed by atoms with van der Waals surface area (Å²) < 4.78 is 12.9. The maximum atomic E-state index is 12.9. The van der Waals surface area contributed by atoms with Crippen LogP contribution in [0.25, 0.3) is 0 Å². The summed E-state index contributed by atoms with van der Waals surface area (Å²) in [5.41, 5.74) is 1.01. The van der Waals surface area contributed by atoms with E-state index in [1.54, 1.807) is 6.07 Å². The van der Waals surface area contributed by atoms with Gasteiger partial charge in [0.25, 0.3) is 0 Å². The summed E-state index contributed by atoms with van der Waals surface area (Å²) in [6.07, 6.45) is 1.01. The second-order valence-corrected chi connectivity index (χ2v) is 3.39. The van der Waals surface area contributed by atoms with Crippen molar-refractivity contribution in [3.63, 3.8) is 0 Å². The molecule has 66 valence electrons. The van der Waals surface area contributed by atoms with Crippen molar-refractivity contribution in [1.82, 2.24) is 0 Å². The van der Waals surface area contributed by atoms with Gasteiger partial charge in [-0.1, -0.05) is 31.5 Å². The molecule has 0 N–H and O–H groups in total. The average Bonchev–Trinajstić information content (AvgIpc) is 2.08. The Morgan fingerprint density at radius 3 is 2.67 bits per heavy atom. The third-order valence-corrected chi connectivity index (χ3v) is 2.43. The van der Waals surface area contributed by atoms with Crippen LogP contribution in [0.2, 0.25) is 5.02 Å². The summed E-state index contributed by atoms with van der Waals surface area (Å²) >= 11 is 5.55. The lowest BCUT2D eigenvalue weighted by Gasteiger charge is -2.08. The van der Waals surface area contributed by atoms with Crippen LogP contribution in [-0.4, -0.2) is 0 Å². The second-order valence-electron chi connectivity index (χ2n) is 2.98. The maximum Gasteiger partial charge on any atom is 0.142 e. The minimum absolute atomic E-state index is 0.196. The molecule has 1 rings (SSSR count). The van der Waals surface area contributed by atoms with Crippen molar-refractivity contribution in [2.75, 3.05) is 0 Å². The fourth-order valence-corrected chi connectivity index (χ4v) is 1.17. The zero-order valence-corrected chi connectivity index (χ0v) is 8.03. The van der Waals surface area contributed by atoms with Crippen molar-refractivity contribution in [2.24, 2.45) is 0 Å². The van der Waals surface area contributed by atoms with E-state index < -0.39 is 0 Å². The van der Waals surface area contributed by atoms with E-state index in [0.29, 0.717) is 5.92 Å². The summed E-state index contributed by atoms with van der Waals surface area (Å²) in [7, 11) is 0. The van der Waals surface area contributed by atoms with Crippen LogP contribution in [0.1, 0.15) is 31.7 Å². The smallest absolute Gasteiger partial charge is 0.142 e. The standard InChI is InChI=1S/C10H12ClF/c1-3-7(2)8-4-5-9(11)10(12)6-8/h4-7H,3H2,1-2H3. The number of rotatable bonds is 2. The highest BCUT2D eigenvalue weighted by Gasteiger charge is 2.05. The van der Waals surface area contributed by atoms with Gasteiger partial charge in [-0.25, -0.2) is 4.39 Å². The Bertz CT molecular complexity index is 271. The molecule has 0 spiro atoms. The zero-order valence-electron chi connectivity index (χ0n) is 7.27. The van der Waals surface area contributed by atoms with Crippen molar-refractivity contribution < 1.29 is 4.39 Å². The van der Waals surface area contributed by atoms with Crippen LogP contribution in [0.5, 0.6) is 0 Å². The molecular weight excluding hydrogens is 175 g/mol. The second kappa shape index (κ2) is 3.90. The van der Waals surface area contributed by atoms with Crippen LogP contribution < -0.4 is 0 Å². The highest BCUT2D eigenvalue weighted by molar-refractivity contribution is 6.30. The summed E-state index contributed by atoms with van der Waals surface area (Å²) in [6.45, 7) is 4.15. The lowest BCUT2D eigenvalue weighted by atomic mass is 9.99. The normalized spacial score (nSPS) is 13.0. The Kier molecular flexibility index (Phi) is 3.10. The monoisotopic (exact) mass is 186 g/mol. The molecule has 12 heavy (non-hydrogen) atoms. The molecule has 0 amide bonds. The van der Waals surface area contributed by atoms with Crippen LogP contribution in [0.15, 0.2) is 18.2 Å². The molecule has 0 heterocycles.